The number of amides is 5. The highest BCUT2D eigenvalue weighted by molar-refractivity contribution is 6.32. The first kappa shape index (κ1) is 38.4. The lowest BCUT2D eigenvalue weighted by atomic mass is 9.92. The number of nitrogens with one attached hydrogen (secondary N) is 2. The number of piperazine rings is 2. The number of carbonyl (C=O) groups excluding carboxylic acids is 4. The molecule has 0 unspecified atom stereocenters. The first-order valence-corrected chi connectivity index (χ1v) is 20.9. The van der Waals surface area contributed by atoms with Crippen molar-refractivity contribution in [1.29, 1.82) is 0 Å². The van der Waals surface area contributed by atoms with Gasteiger partial charge in [0.05, 0.1) is 21.9 Å². The maximum atomic E-state index is 14.3. The Hall–Kier alpha value is -5.15. The lowest BCUT2D eigenvalue weighted by Gasteiger charge is -2.54. The molecule has 9 rings (SSSR count). The summed E-state index contributed by atoms with van der Waals surface area (Å²) in [4.78, 5) is 64.8. The van der Waals surface area contributed by atoms with Gasteiger partial charge in [0.15, 0.2) is 5.82 Å². The van der Waals surface area contributed by atoms with Gasteiger partial charge in [-0.3, -0.25) is 24.6 Å². The fourth-order valence-electron chi connectivity index (χ4n) is 10.2. The molecule has 1 aromatic heterocycles. The summed E-state index contributed by atoms with van der Waals surface area (Å²) in [6.07, 6.45) is 2.69. The van der Waals surface area contributed by atoms with Crippen molar-refractivity contribution in [2.24, 2.45) is 5.92 Å². The van der Waals surface area contributed by atoms with Crippen molar-refractivity contribution in [3.05, 3.63) is 58.6 Å². The molecule has 0 bridgehead atoms. The number of urea groups is 1. The Balaban J connectivity index is 0.783. The molecule has 0 aliphatic carbocycles. The first-order chi connectivity index (χ1) is 27.9. The number of para-hydroxylation sites is 1. The van der Waals surface area contributed by atoms with Crippen LogP contribution in [-0.2, 0) is 16.1 Å². The Kier molecular flexibility index (Phi) is 9.86. The van der Waals surface area contributed by atoms with E-state index < -0.39 is 6.04 Å². The zero-order valence-corrected chi connectivity index (χ0v) is 34.0. The minimum absolute atomic E-state index is 0.0247. The second kappa shape index (κ2) is 14.9. The van der Waals surface area contributed by atoms with E-state index in [9.17, 15) is 24.3 Å². The number of anilines is 3. The van der Waals surface area contributed by atoms with Crippen LogP contribution in [0.2, 0.25) is 5.02 Å². The first-order valence-electron chi connectivity index (χ1n) is 20.6. The van der Waals surface area contributed by atoms with Crippen LogP contribution < -0.4 is 20.4 Å². The number of phenols is 1. The minimum Gasteiger partial charge on any atom is -0.506 e. The van der Waals surface area contributed by atoms with Crippen LogP contribution >= 0.6 is 11.6 Å². The topological polar surface area (TPSA) is 158 Å². The van der Waals surface area contributed by atoms with E-state index in [2.05, 4.69) is 67.3 Å². The third kappa shape index (κ3) is 6.85. The highest BCUT2D eigenvalue weighted by Gasteiger charge is 2.46. The van der Waals surface area contributed by atoms with Gasteiger partial charge in [0, 0.05) is 101 Å². The summed E-state index contributed by atoms with van der Waals surface area (Å²) < 4.78 is 0. The van der Waals surface area contributed by atoms with E-state index in [0.717, 1.165) is 62.5 Å². The van der Waals surface area contributed by atoms with Gasteiger partial charge in [-0.25, -0.2) is 4.79 Å². The van der Waals surface area contributed by atoms with Crippen LogP contribution in [0.25, 0.3) is 11.3 Å². The SMILES string of the molecule is C[C@@H]1CN(CC2CCN(c3ccc4c(c3)C(=O)N([C@H]3CCC(=O)NC3=O)C4)CC2)C[C@H](C)N1C(=O)N1CCN2c3cc(-c4cccc(Cl)c4O)nnc3NC[C@@]2(C)C1. The molecule has 5 amide bonds. The molecule has 15 nitrogen and oxygen atoms in total. The van der Waals surface area contributed by atoms with Crippen molar-refractivity contribution in [3.8, 4) is 17.0 Å². The largest absolute Gasteiger partial charge is 0.506 e. The van der Waals surface area contributed by atoms with E-state index >= 15 is 0 Å². The normalized spacial score (nSPS) is 26.6. The predicted molar refractivity (Wildman–Crippen MR) is 220 cm³/mol. The number of phenolic OH excluding ortho intramolecular Hbond substituents is 1. The molecule has 0 saturated carbocycles. The van der Waals surface area contributed by atoms with Gasteiger partial charge in [0.1, 0.15) is 11.8 Å². The van der Waals surface area contributed by atoms with Crippen LogP contribution in [0.4, 0.5) is 22.0 Å². The van der Waals surface area contributed by atoms with Crippen molar-refractivity contribution >= 4 is 52.5 Å². The molecule has 3 aromatic rings. The number of rotatable bonds is 5. The zero-order valence-electron chi connectivity index (χ0n) is 33.3. The van der Waals surface area contributed by atoms with Crippen LogP contribution in [0.15, 0.2) is 42.5 Å². The summed E-state index contributed by atoms with van der Waals surface area (Å²) >= 11 is 6.20. The minimum atomic E-state index is -0.612. The molecule has 6 aliphatic rings. The molecular weight excluding hydrogens is 760 g/mol. The highest BCUT2D eigenvalue weighted by Crippen LogP contribution is 2.41. The van der Waals surface area contributed by atoms with Crippen molar-refractivity contribution in [1.82, 2.24) is 35.1 Å². The molecule has 306 valence electrons. The number of hydrogen-bond donors (Lipinski definition) is 3. The molecule has 7 heterocycles. The fourth-order valence-corrected chi connectivity index (χ4v) is 10.4. The summed E-state index contributed by atoms with van der Waals surface area (Å²) in [5.74, 6) is 0.388. The van der Waals surface area contributed by atoms with E-state index in [4.69, 9.17) is 11.6 Å². The Morgan fingerprint density at radius 3 is 2.50 bits per heavy atom. The molecule has 4 atom stereocenters. The second-order valence-electron chi connectivity index (χ2n) is 17.3. The second-order valence-corrected chi connectivity index (χ2v) is 17.7. The van der Waals surface area contributed by atoms with Gasteiger partial charge in [0.2, 0.25) is 11.8 Å². The van der Waals surface area contributed by atoms with Gasteiger partial charge in [0.25, 0.3) is 5.91 Å². The van der Waals surface area contributed by atoms with Crippen LogP contribution in [0.3, 0.4) is 0 Å². The quantitative estimate of drug-likeness (QED) is 0.320. The van der Waals surface area contributed by atoms with Crippen LogP contribution in [0.1, 0.15) is 62.4 Å². The van der Waals surface area contributed by atoms with Crippen molar-refractivity contribution in [2.45, 2.75) is 76.7 Å². The average Bonchev–Trinajstić information content (AvgIpc) is 3.53. The Bertz CT molecular complexity index is 2150. The van der Waals surface area contributed by atoms with Crippen molar-refractivity contribution in [2.75, 3.05) is 74.0 Å². The lowest BCUT2D eigenvalue weighted by Crippen LogP contribution is -2.69. The molecule has 16 heteroatoms. The number of fused-ring (bicyclic) bond motifs is 4. The molecule has 4 saturated heterocycles. The maximum absolute atomic E-state index is 14.3. The summed E-state index contributed by atoms with van der Waals surface area (Å²) in [5.41, 5.74) is 4.18. The number of imide groups is 1. The van der Waals surface area contributed by atoms with Gasteiger partial charge in [-0.05, 0) is 81.8 Å². The molecular formula is C42H51ClN10O5. The number of aromatic hydroxyl groups is 1. The standard InChI is InChI=1S/C42H51ClN10O5/c1-25-19-48(21-27-11-13-49(14-12-27)29-8-7-28-22-51(40(57)31(28)17-29)34-9-10-36(54)45-39(34)56)20-26(2)53(25)41(58)50-15-16-52-35-18-33(30-5-4-6-32(43)37(30)55)46-47-38(35)44-23-42(52,3)24-50/h4-8,17-18,25-27,34,55H,9-16,19-24H2,1-3H3,(H,44,47)(H,45,54,56)/t25-,26+,34-,42-/m0/s1. The van der Waals surface area contributed by atoms with E-state index in [1.807, 2.05) is 23.1 Å². The van der Waals surface area contributed by atoms with Gasteiger partial charge < -0.3 is 34.9 Å². The molecule has 4 fully saturated rings. The average molecular weight is 811 g/mol. The van der Waals surface area contributed by atoms with E-state index in [1.165, 1.54) is 0 Å². The molecule has 0 spiro atoms. The number of benzene rings is 2. The van der Waals surface area contributed by atoms with Gasteiger partial charge in [-0.1, -0.05) is 23.7 Å². The number of nitrogens with zero attached hydrogens (tertiary/aromatic N) is 8. The monoisotopic (exact) mass is 810 g/mol. The number of piperidine rings is 2. The smallest absolute Gasteiger partial charge is 0.320 e. The van der Waals surface area contributed by atoms with Crippen LogP contribution in [0, 0.1) is 5.92 Å². The van der Waals surface area contributed by atoms with Gasteiger partial charge >= 0.3 is 6.03 Å². The Morgan fingerprint density at radius 2 is 1.74 bits per heavy atom. The van der Waals surface area contributed by atoms with Gasteiger partial charge in [-0.15, -0.1) is 10.2 Å². The van der Waals surface area contributed by atoms with Gasteiger partial charge in [-0.2, -0.15) is 0 Å². The third-order valence-electron chi connectivity index (χ3n) is 13.2. The summed E-state index contributed by atoms with van der Waals surface area (Å²) in [6.45, 7) is 13.8. The zero-order chi connectivity index (χ0) is 40.5. The molecule has 2 aromatic carbocycles. The summed E-state index contributed by atoms with van der Waals surface area (Å²) in [5, 5.41) is 25.5. The molecule has 0 radical (unpaired) electrons. The summed E-state index contributed by atoms with van der Waals surface area (Å²) in [6, 6.07) is 12.8. The molecule has 6 aliphatic heterocycles. The van der Waals surface area contributed by atoms with Crippen molar-refractivity contribution < 1.29 is 24.3 Å². The number of aromatic nitrogens is 2. The van der Waals surface area contributed by atoms with E-state index in [-0.39, 0.29) is 58.6 Å². The third-order valence-corrected chi connectivity index (χ3v) is 13.5. The van der Waals surface area contributed by atoms with Crippen LogP contribution in [0.5, 0.6) is 5.75 Å². The Labute approximate surface area is 343 Å². The van der Waals surface area contributed by atoms with E-state index in [1.54, 1.807) is 23.1 Å². The number of hydrogen-bond acceptors (Lipinski definition) is 11. The highest BCUT2D eigenvalue weighted by atomic mass is 35.5. The maximum Gasteiger partial charge on any atom is 0.320 e. The summed E-state index contributed by atoms with van der Waals surface area (Å²) in [7, 11) is 0. The predicted octanol–water partition coefficient (Wildman–Crippen LogP) is 4.00. The van der Waals surface area contributed by atoms with Crippen molar-refractivity contribution in [3.63, 3.8) is 0 Å². The number of halogens is 1. The molecule has 3 N–H and O–H groups in total. The molecule has 58 heavy (non-hydrogen) atoms. The lowest BCUT2D eigenvalue weighted by molar-refractivity contribution is -0.136. The number of carbonyl (C=O) groups is 4. The van der Waals surface area contributed by atoms with Crippen LogP contribution in [-0.4, -0.2) is 141 Å². The van der Waals surface area contributed by atoms with E-state index in [0.29, 0.717) is 67.7 Å². The fraction of sp³-hybridized carbons (Fsp3) is 0.524. The Morgan fingerprint density at radius 1 is 0.966 bits per heavy atom.